The summed E-state index contributed by atoms with van der Waals surface area (Å²) in [5, 5.41) is 3.78. The smallest absolute Gasteiger partial charge is 0.252 e. The topological polar surface area (TPSA) is 74.2 Å². The summed E-state index contributed by atoms with van der Waals surface area (Å²) in [6, 6.07) is 0.105. The first kappa shape index (κ1) is 10.1. The van der Waals surface area contributed by atoms with Crippen LogP contribution in [0.1, 0.15) is 25.1 Å². The van der Waals surface area contributed by atoms with E-state index in [0.29, 0.717) is 24.7 Å². The lowest BCUT2D eigenvalue weighted by atomic mass is 10.2. The van der Waals surface area contributed by atoms with Gasteiger partial charge >= 0.3 is 0 Å². The molecule has 0 saturated carbocycles. The van der Waals surface area contributed by atoms with Crippen molar-refractivity contribution < 1.29 is 9.26 Å². The number of aromatic nitrogens is 2. The van der Waals surface area contributed by atoms with Gasteiger partial charge in [0.15, 0.2) is 5.82 Å². The van der Waals surface area contributed by atoms with Crippen LogP contribution in [-0.4, -0.2) is 23.3 Å². The van der Waals surface area contributed by atoms with Crippen LogP contribution in [0.15, 0.2) is 4.52 Å². The molecule has 5 heteroatoms. The van der Waals surface area contributed by atoms with Crippen molar-refractivity contribution in [2.24, 2.45) is 5.73 Å². The molecule has 13 heavy (non-hydrogen) atoms. The summed E-state index contributed by atoms with van der Waals surface area (Å²) in [7, 11) is 1.58. The van der Waals surface area contributed by atoms with Crippen molar-refractivity contribution in [1.82, 2.24) is 10.1 Å². The van der Waals surface area contributed by atoms with Crippen molar-refractivity contribution in [3.05, 3.63) is 11.7 Å². The molecule has 0 aliphatic heterocycles. The monoisotopic (exact) mass is 185 g/mol. The van der Waals surface area contributed by atoms with E-state index < -0.39 is 0 Å². The van der Waals surface area contributed by atoms with E-state index in [1.807, 2.05) is 6.92 Å². The standard InChI is InChI=1S/C8H15N3O2/c1-3-6(9)4-7-10-8(5-12-2)13-11-7/h6H,3-5,9H2,1-2H3. The predicted molar refractivity (Wildman–Crippen MR) is 47.0 cm³/mol. The molecular weight excluding hydrogens is 170 g/mol. The molecule has 2 N–H and O–H groups in total. The molecule has 0 aromatic carbocycles. The van der Waals surface area contributed by atoms with Crippen LogP contribution in [0.2, 0.25) is 0 Å². The van der Waals surface area contributed by atoms with Gasteiger partial charge in [0, 0.05) is 19.6 Å². The fourth-order valence-corrected chi connectivity index (χ4v) is 0.934. The van der Waals surface area contributed by atoms with Gasteiger partial charge in [-0.05, 0) is 6.42 Å². The maximum absolute atomic E-state index is 5.74. The first-order chi connectivity index (χ1) is 6.26. The summed E-state index contributed by atoms with van der Waals surface area (Å²) in [6.45, 7) is 2.38. The summed E-state index contributed by atoms with van der Waals surface area (Å²) in [5.41, 5.74) is 5.74. The third-order valence-electron chi connectivity index (χ3n) is 1.75. The van der Waals surface area contributed by atoms with E-state index in [1.54, 1.807) is 7.11 Å². The zero-order valence-corrected chi connectivity index (χ0v) is 7.99. The highest BCUT2D eigenvalue weighted by Crippen LogP contribution is 2.02. The molecule has 1 heterocycles. The highest BCUT2D eigenvalue weighted by atomic mass is 16.5. The number of ether oxygens (including phenoxy) is 1. The summed E-state index contributed by atoms with van der Waals surface area (Å²) in [6.07, 6.45) is 1.57. The summed E-state index contributed by atoms with van der Waals surface area (Å²) >= 11 is 0. The second-order valence-electron chi connectivity index (χ2n) is 2.91. The van der Waals surface area contributed by atoms with Crippen LogP contribution in [0.3, 0.4) is 0 Å². The highest BCUT2D eigenvalue weighted by Gasteiger charge is 2.08. The van der Waals surface area contributed by atoms with Gasteiger partial charge in [0.25, 0.3) is 5.89 Å². The van der Waals surface area contributed by atoms with E-state index in [9.17, 15) is 0 Å². The fraction of sp³-hybridized carbons (Fsp3) is 0.750. The Hall–Kier alpha value is -0.940. The summed E-state index contributed by atoms with van der Waals surface area (Å²) in [5.74, 6) is 1.15. The molecule has 0 amide bonds. The molecule has 0 spiro atoms. The first-order valence-electron chi connectivity index (χ1n) is 4.32. The van der Waals surface area contributed by atoms with E-state index in [-0.39, 0.29) is 6.04 Å². The van der Waals surface area contributed by atoms with E-state index in [1.165, 1.54) is 0 Å². The fourth-order valence-electron chi connectivity index (χ4n) is 0.934. The average Bonchev–Trinajstić information content (AvgIpc) is 2.53. The molecule has 74 valence electrons. The van der Waals surface area contributed by atoms with Crippen molar-refractivity contribution >= 4 is 0 Å². The number of methoxy groups -OCH3 is 1. The van der Waals surface area contributed by atoms with Crippen LogP contribution in [0.4, 0.5) is 0 Å². The van der Waals surface area contributed by atoms with E-state index in [0.717, 1.165) is 6.42 Å². The van der Waals surface area contributed by atoms with Gasteiger partial charge in [-0.15, -0.1) is 0 Å². The SMILES string of the molecule is CCC(N)Cc1noc(COC)n1. The first-order valence-corrected chi connectivity index (χ1v) is 4.32. The van der Waals surface area contributed by atoms with Gasteiger partial charge in [0.1, 0.15) is 6.61 Å². The van der Waals surface area contributed by atoms with E-state index in [2.05, 4.69) is 10.1 Å². The van der Waals surface area contributed by atoms with Gasteiger partial charge < -0.3 is 15.0 Å². The van der Waals surface area contributed by atoms with Crippen LogP contribution in [0.25, 0.3) is 0 Å². The third-order valence-corrected chi connectivity index (χ3v) is 1.75. The van der Waals surface area contributed by atoms with Gasteiger partial charge in [-0.2, -0.15) is 4.98 Å². The van der Waals surface area contributed by atoms with Gasteiger partial charge in [0.05, 0.1) is 0 Å². The van der Waals surface area contributed by atoms with Crippen LogP contribution in [-0.2, 0) is 17.8 Å². The molecule has 0 bridgehead atoms. The second-order valence-corrected chi connectivity index (χ2v) is 2.91. The lowest BCUT2D eigenvalue weighted by Crippen LogP contribution is -2.22. The van der Waals surface area contributed by atoms with Gasteiger partial charge in [0.2, 0.25) is 0 Å². The van der Waals surface area contributed by atoms with Crippen molar-refractivity contribution in [2.75, 3.05) is 7.11 Å². The van der Waals surface area contributed by atoms with Crippen LogP contribution < -0.4 is 5.73 Å². The van der Waals surface area contributed by atoms with Crippen LogP contribution in [0.5, 0.6) is 0 Å². The molecule has 0 aliphatic carbocycles. The third kappa shape index (κ3) is 3.12. The summed E-state index contributed by atoms with van der Waals surface area (Å²) in [4.78, 5) is 4.11. The Morgan fingerprint density at radius 3 is 3.00 bits per heavy atom. The normalized spacial score (nSPS) is 13.2. The Morgan fingerprint density at radius 2 is 2.38 bits per heavy atom. The molecule has 0 saturated heterocycles. The largest absolute Gasteiger partial charge is 0.375 e. The molecule has 1 rings (SSSR count). The maximum Gasteiger partial charge on any atom is 0.252 e. The average molecular weight is 185 g/mol. The second kappa shape index (κ2) is 4.94. The number of nitrogens with two attached hydrogens (primary N) is 1. The zero-order chi connectivity index (χ0) is 9.68. The van der Waals surface area contributed by atoms with Crippen LogP contribution >= 0.6 is 0 Å². The number of hydrogen-bond acceptors (Lipinski definition) is 5. The molecule has 0 fully saturated rings. The van der Waals surface area contributed by atoms with E-state index >= 15 is 0 Å². The Balaban J connectivity index is 2.48. The number of hydrogen-bond donors (Lipinski definition) is 1. The molecule has 1 aromatic heterocycles. The minimum absolute atomic E-state index is 0.105. The minimum Gasteiger partial charge on any atom is -0.375 e. The number of rotatable bonds is 5. The van der Waals surface area contributed by atoms with Gasteiger partial charge in [-0.3, -0.25) is 0 Å². The van der Waals surface area contributed by atoms with Gasteiger partial charge in [-0.1, -0.05) is 12.1 Å². The molecule has 1 unspecified atom stereocenters. The van der Waals surface area contributed by atoms with Crippen molar-refractivity contribution in [3.63, 3.8) is 0 Å². The molecule has 1 aromatic rings. The van der Waals surface area contributed by atoms with Crippen molar-refractivity contribution in [3.8, 4) is 0 Å². The van der Waals surface area contributed by atoms with Crippen molar-refractivity contribution in [2.45, 2.75) is 32.4 Å². The van der Waals surface area contributed by atoms with Gasteiger partial charge in [-0.25, -0.2) is 0 Å². The minimum atomic E-state index is 0.105. The maximum atomic E-state index is 5.74. The highest BCUT2D eigenvalue weighted by molar-refractivity contribution is 4.88. The molecule has 0 radical (unpaired) electrons. The quantitative estimate of drug-likeness (QED) is 0.722. The Bertz CT molecular complexity index is 249. The predicted octanol–water partition coefficient (Wildman–Crippen LogP) is 0.496. The molecule has 0 aliphatic rings. The summed E-state index contributed by atoms with van der Waals surface area (Å²) < 4.78 is 9.75. The lowest BCUT2D eigenvalue weighted by molar-refractivity contribution is 0.151. The Morgan fingerprint density at radius 1 is 1.62 bits per heavy atom. The lowest BCUT2D eigenvalue weighted by Gasteiger charge is -2.02. The Labute approximate surface area is 77.3 Å². The number of nitrogens with zero attached hydrogens (tertiary/aromatic N) is 2. The molecule has 1 atom stereocenters. The Kier molecular flexibility index (Phi) is 3.85. The van der Waals surface area contributed by atoms with Crippen LogP contribution in [0, 0.1) is 0 Å². The molecular formula is C8H15N3O2. The van der Waals surface area contributed by atoms with Crippen molar-refractivity contribution in [1.29, 1.82) is 0 Å². The molecule has 5 nitrogen and oxygen atoms in total. The zero-order valence-electron chi connectivity index (χ0n) is 7.99. The van der Waals surface area contributed by atoms with E-state index in [4.69, 9.17) is 15.0 Å².